The lowest BCUT2D eigenvalue weighted by Gasteiger charge is -2.12. The number of nitrogens with one attached hydrogen (secondary N) is 1. The maximum absolute atomic E-state index is 5.38. The summed E-state index contributed by atoms with van der Waals surface area (Å²) < 4.78 is 5.38. The van der Waals surface area contributed by atoms with Gasteiger partial charge in [0.2, 0.25) is 0 Å². The summed E-state index contributed by atoms with van der Waals surface area (Å²) in [6, 6.07) is 7.69. The number of hydrogen-bond donors (Lipinski definition) is 1. The molecule has 3 aromatic rings. The molecular weight excluding hydrogens is 302 g/mol. The standard InChI is InChI=1S/C18H19N5O/c1-12(2)13-4-7-17(21-10-13)23-18-16(24-3)6-5-14(22-18)15-11-19-8-9-20-15/h4-12H,1-3H3,(H,21,22,23). The second-order valence-corrected chi connectivity index (χ2v) is 5.59. The van der Waals surface area contributed by atoms with Crippen LogP contribution in [0, 0.1) is 0 Å². The Labute approximate surface area is 141 Å². The normalized spacial score (nSPS) is 10.7. The average molecular weight is 321 g/mol. The van der Waals surface area contributed by atoms with Crippen molar-refractivity contribution >= 4 is 11.6 Å². The molecule has 0 spiro atoms. The Morgan fingerprint density at radius 1 is 0.958 bits per heavy atom. The number of nitrogens with zero attached hydrogens (tertiary/aromatic N) is 4. The first-order chi connectivity index (χ1) is 11.7. The summed E-state index contributed by atoms with van der Waals surface area (Å²) in [5.74, 6) is 2.38. The van der Waals surface area contributed by atoms with Crippen molar-refractivity contribution in [1.29, 1.82) is 0 Å². The summed E-state index contributed by atoms with van der Waals surface area (Å²) in [7, 11) is 1.61. The zero-order valence-electron chi connectivity index (χ0n) is 13.9. The van der Waals surface area contributed by atoms with Crippen molar-refractivity contribution in [2.45, 2.75) is 19.8 Å². The molecule has 3 heterocycles. The number of rotatable bonds is 5. The molecule has 0 radical (unpaired) electrons. The van der Waals surface area contributed by atoms with Crippen LogP contribution in [-0.4, -0.2) is 27.0 Å². The molecule has 1 N–H and O–H groups in total. The fourth-order valence-electron chi connectivity index (χ4n) is 2.22. The second-order valence-electron chi connectivity index (χ2n) is 5.59. The average Bonchev–Trinajstić information content (AvgIpc) is 2.63. The van der Waals surface area contributed by atoms with Gasteiger partial charge in [-0.05, 0) is 29.7 Å². The number of ether oxygens (including phenoxy) is 1. The summed E-state index contributed by atoms with van der Waals surface area (Å²) in [5.41, 5.74) is 2.60. The van der Waals surface area contributed by atoms with E-state index in [0.717, 1.165) is 0 Å². The van der Waals surface area contributed by atoms with E-state index in [2.05, 4.69) is 45.2 Å². The van der Waals surface area contributed by atoms with E-state index in [1.165, 1.54) is 5.56 Å². The lowest BCUT2D eigenvalue weighted by Crippen LogP contribution is -2.01. The van der Waals surface area contributed by atoms with Crippen molar-refractivity contribution < 1.29 is 4.74 Å². The van der Waals surface area contributed by atoms with Crippen molar-refractivity contribution in [2.24, 2.45) is 0 Å². The van der Waals surface area contributed by atoms with Crippen molar-refractivity contribution in [2.75, 3.05) is 12.4 Å². The summed E-state index contributed by atoms with van der Waals surface area (Å²) in [6.07, 6.45) is 6.81. The molecule has 0 unspecified atom stereocenters. The van der Waals surface area contributed by atoms with Crippen LogP contribution in [0.3, 0.4) is 0 Å². The molecule has 3 aromatic heterocycles. The molecule has 0 saturated heterocycles. The van der Waals surface area contributed by atoms with E-state index < -0.39 is 0 Å². The Balaban J connectivity index is 1.91. The Morgan fingerprint density at radius 2 is 1.83 bits per heavy atom. The first-order valence-electron chi connectivity index (χ1n) is 7.72. The van der Waals surface area contributed by atoms with E-state index in [1.54, 1.807) is 25.7 Å². The molecule has 0 aliphatic carbocycles. The second kappa shape index (κ2) is 7.04. The predicted octanol–water partition coefficient (Wildman–Crippen LogP) is 3.81. The number of pyridine rings is 2. The summed E-state index contributed by atoms with van der Waals surface area (Å²) in [5, 5.41) is 3.20. The highest BCUT2D eigenvalue weighted by Gasteiger charge is 2.10. The van der Waals surface area contributed by atoms with Crippen LogP contribution in [0.5, 0.6) is 5.75 Å². The van der Waals surface area contributed by atoms with Crippen molar-refractivity contribution in [1.82, 2.24) is 19.9 Å². The molecule has 0 aliphatic rings. The number of anilines is 2. The van der Waals surface area contributed by atoms with Gasteiger partial charge in [0, 0.05) is 18.6 Å². The molecule has 0 atom stereocenters. The zero-order chi connectivity index (χ0) is 16.9. The minimum Gasteiger partial charge on any atom is -0.493 e. The van der Waals surface area contributed by atoms with Crippen molar-refractivity contribution in [3.8, 4) is 17.1 Å². The number of hydrogen-bond acceptors (Lipinski definition) is 6. The first kappa shape index (κ1) is 15.9. The van der Waals surface area contributed by atoms with Crippen LogP contribution >= 0.6 is 0 Å². The van der Waals surface area contributed by atoms with Gasteiger partial charge in [-0.2, -0.15) is 0 Å². The topological polar surface area (TPSA) is 72.8 Å². The molecule has 6 heteroatoms. The molecule has 3 rings (SSSR count). The number of aromatic nitrogens is 4. The summed E-state index contributed by atoms with van der Waals surface area (Å²) in [6.45, 7) is 4.28. The van der Waals surface area contributed by atoms with Gasteiger partial charge in [0.05, 0.1) is 19.0 Å². The SMILES string of the molecule is COc1ccc(-c2cnccn2)nc1Nc1ccc(C(C)C)cn1. The predicted molar refractivity (Wildman–Crippen MR) is 93.4 cm³/mol. The lowest BCUT2D eigenvalue weighted by molar-refractivity contribution is 0.415. The molecule has 6 nitrogen and oxygen atoms in total. The molecule has 122 valence electrons. The molecule has 0 bridgehead atoms. The Bertz CT molecular complexity index is 803. The minimum absolute atomic E-state index is 0.444. The van der Waals surface area contributed by atoms with Crippen LogP contribution in [-0.2, 0) is 0 Å². The van der Waals surface area contributed by atoms with Gasteiger partial charge in [-0.15, -0.1) is 0 Å². The molecule has 0 aliphatic heterocycles. The Kier molecular flexibility index (Phi) is 4.65. The van der Waals surface area contributed by atoms with Gasteiger partial charge in [0.1, 0.15) is 11.5 Å². The lowest BCUT2D eigenvalue weighted by atomic mass is 10.1. The van der Waals surface area contributed by atoms with Crippen molar-refractivity contribution in [3.63, 3.8) is 0 Å². The third kappa shape index (κ3) is 3.48. The van der Waals surface area contributed by atoms with Gasteiger partial charge in [-0.1, -0.05) is 19.9 Å². The summed E-state index contributed by atoms with van der Waals surface area (Å²) in [4.78, 5) is 17.4. The van der Waals surface area contributed by atoms with Crippen molar-refractivity contribution in [3.05, 3.63) is 54.6 Å². The van der Waals surface area contributed by atoms with Crippen LogP contribution in [0.15, 0.2) is 49.1 Å². The Morgan fingerprint density at radius 3 is 2.46 bits per heavy atom. The van der Waals surface area contributed by atoms with Crippen LogP contribution in [0.1, 0.15) is 25.3 Å². The quantitative estimate of drug-likeness (QED) is 0.770. The highest BCUT2D eigenvalue weighted by atomic mass is 16.5. The molecule has 0 saturated carbocycles. The summed E-state index contributed by atoms with van der Waals surface area (Å²) >= 11 is 0. The third-order valence-corrected chi connectivity index (χ3v) is 3.60. The monoisotopic (exact) mass is 321 g/mol. The maximum Gasteiger partial charge on any atom is 0.175 e. The first-order valence-corrected chi connectivity index (χ1v) is 7.72. The maximum atomic E-state index is 5.38. The Hall–Kier alpha value is -3.02. The van der Waals surface area contributed by atoms with Crippen LogP contribution in [0.4, 0.5) is 11.6 Å². The third-order valence-electron chi connectivity index (χ3n) is 3.60. The van der Waals surface area contributed by atoms with Crippen LogP contribution in [0.2, 0.25) is 0 Å². The van der Waals surface area contributed by atoms with E-state index in [0.29, 0.717) is 34.7 Å². The van der Waals surface area contributed by atoms with Crippen LogP contribution in [0.25, 0.3) is 11.4 Å². The molecular formula is C18H19N5O. The zero-order valence-corrected chi connectivity index (χ0v) is 13.9. The van der Waals surface area contributed by atoms with E-state index in [4.69, 9.17) is 4.74 Å². The molecule has 24 heavy (non-hydrogen) atoms. The smallest absolute Gasteiger partial charge is 0.175 e. The molecule has 0 fully saturated rings. The van der Waals surface area contributed by atoms with Gasteiger partial charge < -0.3 is 10.1 Å². The number of methoxy groups -OCH3 is 1. The van der Waals surface area contributed by atoms with Gasteiger partial charge in [0.25, 0.3) is 0 Å². The fourth-order valence-corrected chi connectivity index (χ4v) is 2.22. The fraction of sp³-hybridized carbons (Fsp3) is 0.222. The highest BCUT2D eigenvalue weighted by molar-refractivity contribution is 5.65. The van der Waals surface area contributed by atoms with Gasteiger partial charge in [-0.3, -0.25) is 9.97 Å². The van der Waals surface area contributed by atoms with E-state index in [1.807, 2.05) is 24.4 Å². The van der Waals surface area contributed by atoms with E-state index >= 15 is 0 Å². The van der Waals surface area contributed by atoms with E-state index in [9.17, 15) is 0 Å². The largest absolute Gasteiger partial charge is 0.493 e. The molecule has 0 aromatic carbocycles. The molecule has 0 amide bonds. The van der Waals surface area contributed by atoms with Gasteiger partial charge in [0.15, 0.2) is 11.6 Å². The van der Waals surface area contributed by atoms with Gasteiger partial charge in [-0.25, -0.2) is 9.97 Å². The minimum atomic E-state index is 0.444. The van der Waals surface area contributed by atoms with Crippen LogP contribution < -0.4 is 10.1 Å². The van der Waals surface area contributed by atoms with Gasteiger partial charge >= 0.3 is 0 Å². The highest BCUT2D eigenvalue weighted by Crippen LogP contribution is 2.28. The van der Waals surface area contributed by atoms with E-state index in [-0.39, 0.29) is 0 Å².